The van der Waals surface area contributed by atoms with Crippen LogP contribution in [0.4, 0.5) is 0 Å². The summed E-state index contributed by atoms with van der Waals surface area (Å²) in [6.45, 7) is 5.24. The zero-order valence-corrected chi connectivity index (χ0v) is 17.9. The summed E-state index contributed by atoms with van der Waals surface area (Å²) < 4.78 is 0. The number of aryl methyl sites for hydroxylation is 2. The Bertz CT molecular complexity index is 820. The van der Waals surface area contributed by atoms with Gasteiger partial charge in [-0.2, -0.15) is 0 Å². The molecule has 1 aliphatic heterocycles. The Hall–Kier alpha value is -2.12. The second-order valence-corrected chi connectivity index (χ2v) is 8.20. The molecule has 3 rings (SSSR count). The van der Waals surface area contributed by atoms with Crippen molar-refractivity contribution in [1.29, 1.82) is 0 Å². The van der Waals surface area contributed by atoms with Crippen molar-refractivity contribution in [3.05, 3.63) is 50.9 Å². The van der Waals surface area contributed by atoms with Crippen LogP contribution >= 0.6 is 22.9 Å². The largest absolute Gasteiger partial charge is 0.356 e. The molecule has 28 heavy (non-hydrogen) atoms. The molecule has 150 valence electrons. The van der Waals surface area contributed by atoms with Crippen LogP contribution in [0.1, 0.15) is 22.7 Å². The van der Waals surface area contributed by atoms with Gasteiger partial charge in [-0.15, -0.1) is 11.3 Å². The second kappa shape index (κ2) is 9.89. The van der Waals surface area contributed by atoms with Gasteiger partial charge in [-0.1, -0.05) is 23.7 Å². The third kappa shape index (κ3) is 5.69. The van der Waals surface area contributed by atoms with Crippen LogP contribution in [0, 0.1) is 6.92 Å². The van der Waals surface area contributed by atoms with Crippen molar-refractivity contribution in [2.45, 2.75) is 26.3 Å². The van der Waals surface area contributed by atoms with E-state index >= 15 is 0 Å². The Morgan fingerprint density at radius 1 is 1.32 bits per heavy atom. The van der Waals surface area contributed by atoms with Crippen molar-refractivity contribution < 1.29 is 4.79 Å². The van der Waals surface area contributed by atoms with E-state index < -0.39 is 0 Å². The lowest BCUT2D eigenvalue weighted by molar-refractivity contribution is -0.135. The van der Waals surface area contributed by atoms with Gasteiger partial charge in [0.2, 0.25) is 5.91 Å². The molecule has 1 aromatic carbocycles. The SMILES string of the molecule is CN=C(NCCCc1nc(C)cs1)N1CCN(Cc2ccc(Cl)cc2)C(=O)C1. The van der Waals surface area contributed by atoms with Crippen molar-refractivity contribution >= 4 is 34.8 Å². The maximum Gasteiger partial charge on any atom is 0.242 e. The Kier molecular flexibility index (Phi) is 7.28. The fourth-order valence-electron chi connectivity index (χ4n) is 3.16. The quantitative estimate of drug-likeness (QED) is 0.444. The van der Waals surface area contributed by atoms with Crippen molar-refractivity contribution in [2.75, 3.05) is 33.2 Å². The van der Waals surface area contributed by atoms with E-state index in [1.165, 1.54) is 5.01 Å². The zero-order valence-electron chi connectivity index (χ0n) is 16.3. The van der Waals surface area contributed by atoms with Gasteiger partial charge < -0.3 is 15.1 Å². The molecule has 1 saturated heterocycles. The third-order valence-electron chi connectivity index (χ3n) is 4.63. The van der Waals surface area contributed by atoms with Gasteiger partial charge in [0.05, 0.1) is 11.6 Å². The molecule has 1 fully saturated rings. The molecule has 2 aromatic rings. The molecule has 0 saturated carbocycles. The number of piperazine rings is 1. The number of hydrogen-bond donors (Lipinski definition) is 1. The Morgan fingerprint density at radius 3 is 2.75 bits per heavy atom. The van der Waals surface area contributed by atoms with Gasteiger partial charge in [-0.05, 0) is 31.0 Å². The van der Waals surface area contributed by atoms with Crippen LogP contribution in [0.2, 0.25) is 5.02 Å². The molecule has 0 spiro atoms. The van der Waals surface area contributed by atoms with E-state index in [-0.39, 0.29) is 5.91 Å². The molecule has 1 aliphatic rings. The van der Waals surface area contributed by atoms with Gasteiger partial charge >= 0.3 is 0 Å². The molecule has 0 bridgehead atoms. The highest BCUT2D eigenvalue weighted by atomic mass is 35.5. The molecule has 8 heteroatoms. The maximum absolute atomic E-state index is 12.6. The highest BCUT2D eigenvalue weighted by Gasteiger charge is 2.25. The number of nitrogens with one attached hydrogen (secondary N) is 1. The fourth-order valence-corrected chi connectivity index (χ4v) is 4.10. The van der Waals surface area contributed by atoms with E-state index in [9.17, 15) is 4.79 Å². The van der Waals surface area contributed by atoms with Crippen LogP contribution in [0.25, 0.3) is 0 Å². The van der Waals surface area contributed by atoms with Crippen molar-refractivity contribution in [2.24, 2.45) is 4.99 Å². The number of carbonyl (C=O) groups excluding carboxylic acids is 1. The maximum atomic E-state index is 12.6. The average molecular weight is 420 g/mol. The summed E-state index contributed by atoms with van der Waals surface area (Å²) in [4.78, 5) is 25.3. The number of carbonyl (C=O) groups is 1. The number of amides is 1. The Morgan fingerprint density at radius 2 is 2.11 bits per heavy atom. The fraction of sp³-hybridized carbons (Fsp3) is 0.450. The van der Waals surface area contributed by atoms with Gasteiger partial charge in [0.1, 0.15) is 0 Å². The van der Waals surface area contributed by atoms with E-state index in [0.717, 1.165) is 43.1 Å². The lowest BCUT2D eigenvalue weighted by Gasteiger charge is -2.36. The Labute approximate surface area is 175 Å². The summed E-state index contributed by atoms with van der Waals surface area (Å²) in [6.07, 6.45) is 1.94. The minimum absolute atomic E-state index is 0.113. The van der Waals surface area contributed by atoms with Crippen LogP contribution in [0.5, 0.6) is 0 Å². The van der Waals surface area contributed by atoms with Crippen molar-refractivity contribution in [3.63, 3.8) is 0 Å². The molecule has 6 nitrogen and oxygen atoms in total. The first-order valence-electron chi connectivity index (χ1n) is 9.44. The zero-order chi connectivity index (χ0) is 19.9. The molecule has 0 radical (unpaired) electrons. The van der Waals surface area contributed by atoms with Crippen LogP contribution in [-0.2, 0) is 17.8 Å². The van der Waals surface area contributed by atoms with Crippen molar-refractivity contribution in [3.8, 4) is 0 Å². The second-order valence-electron chi connectivity index (χ2n) is 6.82. The number of aliphatic imine (C=N–C) groups is 1. The first-order valence-corrected chi connectivity index (χ1v) is 10.7. The number of rotatable bonds is 6. The van der Waals surface area contributed by atoms with E-state index in [1.807, 2.05) is 41.0 Å². The molecular formula is C20H26ClN5OS. The minimum atomic E-state index is 0.113. The highest BCUT2D eigenvalue weighted by Crippen LogP contribution is 2.14. The van der Waals surface area contributed by atoms with E-state index in [2.05, 4.69) is 20.7 Å². The lowest BCUT2D eigenvalue weighted by atomic mass is 10.2. The van der Waals surface area contributed by atoms with E-state index in [4.69, 9.17) is 11.6 Å². The van der Waals surface area contributed by atoms with Gasteiger partial charge in [-0.3, -0.25) is 9.79 Å². The van der Waals surface area contributed by atoms with Gasteiger partial charge in [0.15, 0.2) is 5.96 Å². The summed E-state index contributed by atoms with van der Waals surface area (Å²) in [5.74, 6) is 0.900. The number of hydrogen-bond acceptors (Lipinski definition) is 4. The number of thiazole rings is 1. The standard InChI is InChI=1S/C20H26ClN5OS/c1-15-14-28-18(24-15)4-3-9-23-20(22-2)26-11-10-25(19(27)13-26)12-16-5-7-17(21)8-6-16/h5-8,14H,3-4,9-13H2,1-2H3,(H,22,23). The monoisotopic (exact) mass is 419 g/mol. The van der Waals surface area contributed by atoms with Gasteiger partial charge in [0, 0.05) is 55.7 Å². The number of nitrogens with zero attached hydrogens (tertiary/aromatic N) is 4. The summed E-state index contributed by atoms with van der Waals surface area (Å²) >= 11 is 7.64. The predicted molar refractivity (Wildman–Crippen MR) is 115 cm³/mol. The molecular weight excluding hydrogens is 394 g/mol. The van der Waals surface area contributed by atoms with Gasteiger partial charge in [0.25, 0.3) is 0 Å². The van der Waals surface area contributed by atoms with E-state index in [1.54, 1.807) is 18.4 Å². The molecule has 0 atom stereocenters. The minimum Gasteiger partial charge on any atom is -0.356 e. The number of benzene rings is 1. The van der Waals surface area contributed by atoms with Gasteiger partial charge in [-0.25, -0.2) is 4.98 Å². The van der Waals surface area contributed by atoms with Crippen LogP contribution in [-0.4, -0.2) is 59.9 Å². The van der Waals surface area contributed by atoms with Crippen molar-refractivity contribution in [1.82, 2.24) is 20.1 Å². The van der Waals surface area contributed by atoms with E-state index in [0.29, 0.717) is 24.7 Å². The van der Waals surface area contributed by atoms with Crippen LogP contribution in [0.15, 0.2) is 34.6 Å². The first kappa shape index (κ1) is 20.6. The summed E-state index contributed by atoms with van der Waals surface area (Å²) in [5, 5.41) is 7.33. The third-order valence-corrected chi connectivity index (χ3v) is 5.91. The van der Waals surface area contributed by atoms with Crippen LogP contribution in [0.3, 0.4) is 0 Å². The molecule has 2 heterocycles. The number of halogens is 1. The molecule has 0 aliphatic carbocycles. The highest BCUT2D eigenvalue weighted by molar-refractivity contribution is 7.09. The normalized spacial score (nSPS) is 15.2. The van der Waals surface area contributed by atoms with Crippen LogP contribution < -0.4 is 5.32 Å². The predicted octanol–water partition coefficient (Wildman–Crippen LogP) is 2.96. The summed E-state index contributed by atoms with van der Waals surface area (Å²) in [5.41, 5.74) is 2.17. The summed E-state index contributed by atoms with van der Waals surface area (Å²) in [6, 6.07) is 7.64. The molecule has 0 unspecified atom stereocenters. The number of aromatic nitrogens is 1. The first-order chi connectivity index (χ1) is 13.5. The molecule has 1 N–H and O–H groups in total. The Balaban J connectivity index is 1.44. The summed E-state index contributed by atoms with van der Waals surface area (Å²) in [7, 11) is 1.76. The lowest BCUT2D eigenvalue weighted by Crippen LogP contribution is -2.55. The smallest absolute Gasteiger partial charge is 0.242 e. The topological polar surface area (TPSA) is 60.8 Å². The average Bonchev–Trinajstić information content (AvgIpc) is 3.10. The molecule has 1 aromatic heterocycles. The number of guanidine groups is 1. The molecule has 1 amide bonds.